The first-order chi connectivity index (χ1) is 7.16. The molecule has 1 aliphatic heterocycles. The molecule has 6 nitrogen and oxygen atoms in total. The van der Waals surface area contributed by atoms with Crippen molar-refractivity contribution in [3.05, 3.63) is 0 Å². The average Bonchev–Trinajstić information content (AvgIpc) is 2.25. The van der Waals surface area contributed by atoms with Crippen molar-refractivity contribution >= 4 is 11.9 Å². The standard InChI is InChI=1S/C9H16N2O4/c1-2-15-6-8(12)11-4-3-10-5-7(11)9(13)14/h7,10H,2-6H2,1H3,(H,13,14). The fraction of sp³-hybridized carbons (Fsp3) is 0.778. The number of amides is 1. The van der Waals surface area contributed by atoms with E-state index >= 15 is 0 Å². The Hall–Kier alpha value is -1.14. The van der Waals surface area contributed by atoms with E-state index in [1.165, 1.54) is 4.90 Å². The number of rotatable bonds is 4. The van der Waals surface area contributed by atoms with E-state index < -0.39 is 12.0 Å². The van der Waals surface area contributed by atoms with Crippen LogP contribution in [0.15, 0.2) is 0 Å². The summed E-state index contributed by atoms with van der Waals surface area (Å²) in [6.45, 7) is 3.55. The van der Waals surface area contributed by atoms with Crippen LogP contribution in [0.2, 0.25) is 0 Å². The molecule has 0 aliphatic carbocycles. The quantitative estimate of drug-likeness (QED) is 0.624. The maximum absolute atomic E-state index is 11.6. The number of ether oxygens (including phenoxy) is 1. The number of carbonyl (C=O) groups is 2. The Morgan fingerprint density at radius 3 is 2.93 bits per heavy atom. The predicted octanol–water partition coefficient (Wildman–Crippen LogP) is -1.09. The summed E-state index contributed by atoms with van der Waals surface area (Å²) in [5.74, 6) is -1.24. The number of aliphatic carboxylic acids is 1. The first-order valence-corrected chi connectivity index (χ1v) is 4.97. The smallest absolute Gasteiger partial charge is 0.327 e. The SMILES string of the molecule is CCOCC(=O)N1CCNCC1C(=O)O. The monoisotopic (exact) mass is 216 g/mol. The van der Waals surface area contributed by atoms with Gasteiger partial charge in [0.2, 0.25) is 5.91 Å². The van der Waals surface area contributed by atoms with Crippen molar-refractivity contribution in [1.29, 1.82) is 0 Å². The summed E-state index contributed by atoms with van der Waals surface area (Å²) in [5.41, 5.74) is 0. The zero-order valence-electron chi connectivity index (χ0n) is 8.73. The summed E-state index contributed by atoms with van der Waals surface area (Å²) in [4.78, 5) is 23.8. The summed E-state index contributed by atoms with van der Waals surface area (Å²) in [5, 5.41) is 11.8. The second kappa shape index (κ2) is 5.67. The number of carboxylic acids is 1. The third kappa shape index (κ3) is 3.17. The highest BCUT2D eigenvalue weighted by atomic mass is 16.5. The lowest BCUT2D eigenvalue weighted by Crippen LogP contribution is -2.57. The second-order valence-electron chi connectivity index (χ2n) is 3.28. The van der Waals surface area contributed by atoms with Gasteiger partial charge in [-0.15, -0.1) is 0 Å². The van der Waals surface area contributed by atoms with E-state index in [0.29, 0.717) is 26.2 Å². The molecule has 0 bridgehead atoms. The normalized spacial score (nSPS) is 21.4. The van der Waals surface area contributed by atoms with Gasteiger partial charge in [-0.2, -0.15) is 0 Å². The van der Waals surface area contributed by atoms with Gasteiger partial charge in [0.05, 0.1) is 0 Å². The number of carboxylic acid groups (broad SMARTS) is 1. The van der Waals surface area contributed by atoms with Crippen molar-refractivity contribution in [1.82, 2.24) is 10.2 Å². The molecule has 0 aromatic rings. The lowest BCUT2D eigenvalue weighted by Gasteiger charge is -2.33. The van der Waals surface area contributed by atoms with Gasteiger partial charge in [0.1, 0.15) is 12.6 Å². The van der Waals surface area contributed by atoms with Crippen LogP contribution < -0.4 is 5.32 Å². The molecule has 86 valence electrons. The Morgan fingerprint density at radius 1 is 1.60 bits per heavy atom. The molecule has 0 saturated carbocycles. The third-order valence-electron chi connectivity index (χ3n) is 2.28. The van der Waals surface area contributed by atoms with E-state index in [1.807, 2.05) is 0 Å². The van der Waals surface area contributed by atoms with Crippen LogP contribution >= 0.6 is 0 Å². The van der Waals surface area contributed by atoms with Gasteiger partial charge in [-0.05, 0) is 6.92 Å². The highest BCUT2D eigenvalue weighted by Crippen LogP contribution is 2.04. The molecule has 1 saturated heterocycles. The maximum atomic E-state index is 11.6. The van der Waals surface area contributed by atoms with Gasteiger partial charge in [-0.3, -0.25) is 4.79 Å². The Balaban J connectivity index is 2.55. The first-order valence-electron chi connectivity index (χ1n) is 4.97. The molecule has 0 aromatic heterocycles. The summed E-state index contributed by atoms with van der Waals surface area (Å²) in [7, 11) is 0. The summed E-state index contributed by atoms with van der Waals surface area (Å²) < 4.78 is 4.97. The zero-order valence-corrected chi connectivity index (χ0v) is 8.73. The van der Waals surface area contributed by atoms with Gasteiger partial charge in [0.15, 0.2) is 0 Å². The van der Waals surface area contributed by atoms with E-state index in [-0.39, 0.29) is 12.5 Å². The molecule has 1 amide bonds. The van der Waals surface area contributed by atoms with Gasteiger partial charge >= 0.3 is 5.97 Å². The highest BCUT2D eigenvalue weighted by molar-refractivity contribution is 5.84. The largest absolute Gasteiger partial charge is 0.480 e. The molecule has 2 N–H and O–H groups in total. The van der Waals surface area contributed by atoms with Crippen LogP contribution in [0.3, 0.4) is 0 Å². The zero-order chi connectivity index (χ0) is 11.3. The second-order valence-corrected chi connectivity index (χ2v) is 3.28. The molecular formula is C9H16N2O4. The number of carbonyl (C=O) groups excluding carboxylic acids is 1. The highest BCUT2D eigenvalue weighted by Gasteiger charge is 2.31. The van der Waals surface area contributed by atoms with Crippen LogP contribution in [0.5, 0.6) is 0 Å². The third-order valence-corrected chi connectivity index (χ3v) is 2.28. The van der Waals surface area contributed by atoms with E-state index in [2.05, 4.69) is 5.32 Å². The number of nitrogens with zero attached hydrogens (tertiary/aromatic N) is 1. The van der Waals surface area contributed by atoms with Crippen molar-refractivity contribution in [2.45, 2.75) is 13.0 Å². The van der Waals surface area contributed by atoms with Gasteiger partial charge in [-0.1, -0.05) is 0 Å². The minimum atomic E-state index is -0.980. The molecule has 1 fully saturated rings. The Labute approximate surface area is 88.2 Å². The summed E-state index contributed by atoms with van der Waals surface area (Å²) in [6, 6.07) is -0.772. The van der Waals surface area contributed by atoms with Crippen LogP contribution in [-0.4, -0.2) is 60.8 Å². The molecule has 1 unspecified atom stereocenters. The lowest BCUT2D eigenvalue weighted by atomic mass is 10.2. The van der Waals surface area contributed by atoms with Crippen LogP contribution in [0, 0.1) is 0 Å². The molecular weight excluding hydrogens is 200 g/mol. The predicted molar refractivity (Wildman–Crippen MR) is 52.5 cm³/mol. The van der Waals surface area contributed by atoms with Crippen molar-refractivity contribution < 1.29 is 19.4 Å². The maximum Gasteiger partial charge on any atom is 0.327 e. The van der Waals surface area contributed by atoms with Crippen molar-refractivity contribution in [3.8, 4) is 0 Å². The minimum Gasteiger partial charge on any atom is -0.480 e. The average molecular weight is 216 g/mol. The minimum absolute atomic E-state index is 0.0414. The fourth-order valence-electron chi connectivity index (χ4n) is 1.50. The molecule has 0 aromatic carbocycles. The van der Waals surface area contributed by atoms with Crippen molar-refractivity contribution in [3.63, 3.8) is 0 Å². The molecule has 0 spiro atoms. The summed E-state index contributed by atoms with van der Waals surface area (Å²) >= 11 is 0. The number of hydrogen-bond donors (Lipinski definition) is 2. The number of piperazine rings is 1. The van der Waals surface area contributed by atoms with Gasteiger partial charge in [0.25, 0.3) is 0 Å². The van der Waals surface area contributed by atoms with Gasteiger partial charge < -0.3 is 20.1 Å². The molecule has 1 rings (SSSR count). The van der Waals surface area contributed by atoms with E-state index in [0.717, 1.165) is 0 Å². The molecule has 0 radical (unpaired) electrons. The lowest BCUT2D eigenvalue weighted by molar-refractivity contribution is -0.153. The Kier molecular flexibility index (Phi) is 4.51. The molecule has 6 heteroatoms. The Morgan fingerprint density at radius 2 is 2.33 bits per heavy atom. The van der Waals surface area contributed by atoms with Crippen molar-refractivity contribution in [2.24, 2.45) is 0 Å². The summed E-state index contributed by atoms with van der Waals surface area (Å²) in [6.07, 6.45) is 0. The van der Waals surface area contributed by atoms with E-state index in [1.54, 1.807) is 6.92 Å². The van der Waals surface area contributed by atoms with Crippen LogP contribution in [0.4, 0.5) is 0 Å². The Bertz CT molecular complexity index is 244. The van der Waals surface area contributed by atoms with Gasteiger partial charge in [-0.25, -0.2) is 4.79 Å². The van der Waals surface area contributed by atoms with E-state index in [9.17, 15) is 9.59 Å². The van der Waals surface area contributed by atoms with Crippen molar-refractivity contribution in [2.75, 3.05) is 32.8 Å². The topological polar surface area (TPSA) is 78.9 Å². The molecule has 15 heavy (non-hydrogen) atoms. The van der Waals surface area contributed by atoms with E-state index in [4.69, 9.17) is 9.84 Å². The number of nitrogens with one attached hydrogen (secondary N) is 1. The van der Waals surface area contributed by atoms with Crippen LogP contribution in [0.25, 0.3) is 0 Å². The van der Waals surface area contributed by atoms with Gasteiger partial charge in [0, 0.05) is 26.2 Å². The van der Waals surface area contributed by atoms with Crippen LogP contribution in [0.1, 0.15) is 6.92 Å². The fourth-order valence-corrected chi connectivity index (χ4v) is 1.50. The molecule has 1 aliphatic rings. The molecule has 1 heterocycles. The first kappa shape index (κ1) is 11.9. The molecule has 1 atom stereocenters. The van der Waals surface area contributed by atoms with Crippen LogP contribution in [-0.2, 0) is 14.3 Å². The number of hydrogen-bond acceptors (Lipinski definition) is 4.